The fourth-order valence-electron chi connectivity index (χ4n) is 5.00. The zero-order chi connectivity index (χ0) is 22.5. The molecule has 4 aromatic carbocycles. The zero-order valence-electron chi connectivity index (χ0n) is 18.1. The lowest BCUT2D eigenvalue weighted by atomic mass is 9.72. The summed E-state index contributed by atoms with van der Waals surface area (Å²) in [5.74, 6) is 0. The number of halogens is 3. The van der Waals surface area contributed by atoms with Crippen molar-refractivity contribution in [3.63, 3.8) is 0 Å². The third kappa shape index (κ3) is 3.71. The zero-order valence-corrected chi connectivity index (χ0v) is 21.2. The first-order valence-electron chi connectivity index (χ1n) is 10.8. The summed E-state index contributed by atoms with van der Waals surface area (Å²) in [6.45, 7) is 4.63. The van der Waals surface area contributed by atoms with E-state index >= 15 is 0 Å². The van der Waals surface area contributed by atoms with Gasteiger partial charge in [0.05, 0.1) is 10.0 Å². The van der Waals surface area contributed by atoms with Gasteiger partial charge in [0.25, 0.3) is 0 Å². The van der Waals surface area contributed by atoms with Crippen LogP contribution in [-0.4, -0.2) is 0 Å². The van der Waals surface area contributed by atoms with Gasteiger partial charge in [-0.25, -0.2) is 0 Å². The molecule has 0 saturated heterocycles. The summed E-state index contributed by atoms with van der Waals surface area (Å²) in [5.41, 5.74) is 9.88. The van der Waals surface area contributed by atoms with Crippen LogP contribution in [0.25, 0.3) is 22.3 Å². The van der Waals surface area contributed by atoms with Gasteiger partial charge < -0.3 is 0 Å². The summed E-state index contributed by atoms with van der Waals surface area (Å²) in [6.07, 6.45) is 1.81. The highest BCUT2D eigenvalue weighted by molar-refractivity contribution is 9.10. The van der Waals surface area contributed by atoms with Gasteiger partial charge in [-0.15, -0.1) is 0 Å². The smallest absolute Gasteiger partial charge is 0.0598 e. The summed E-state index contributed by atoms with van der Waals surface area (Å²) < 4.78 is 1.09. The van der Waals surface area contributed by atoms with E-state index in [1.54, 1.807) is 0 Å². The SMILES string of the molecule is CC1(C)c2ccccc2-c2cc(Br)ccc2CCc2cc(Cl)c(Cl)cc2-c2ccccc21. The molecule has 0 N–H and O–H groups in total. The molecule has 0 aliphatic heterocycles. The highest BCUT2D eigenvalue weighted by atomic mass is 79.9. The first kappa shape index (κ1) is 21.8. The Morgan fingerprint density at radius 2 is 1.16 bits per heavy atom. The van der Waals surface area contributed by atoms with Crippen molar-refractivity contribution in [2.75, 3.05) is 0 Å². The van der Waals surface area contributed by atoms with Gasteiger partial charge in [0.2, 0.25) is 0 Å². The Labute approximate surface area is 208 Å². The molecule has 1 aliphatic carbocycles. The maximum absolute atomic E-state index is 6.52. The second-order valence-corrected chi connectivity index (χ2v) is 10.7. The number of benzene rings is 4. The predicted molar refractivity (Wildman–Crippen MR) is 141 cm³/mol. The molecule has 0 radical (unpaired) electrons. The number of hydrogen-bond donors (Lipinski definition) is 0. The van der Waals surface area contributed by atoms with Gasteiger partial charge >= 0.3 is 0 Å². The van der Waals surface area contributed by atoms with Crippen LogP contribution in [0.4, 0.5) is 0 Å². The molecule has 0 amide bonds. The van der Waals surface area contributed by atoms with Gasteiger partial charge in [0, 0.05) is 9.89 Å². The predicted octanol–water partition coefficient (Wildman–Crippen LogP) is 9.51. The van der Waals surface area contributed by atoms with Crippen molar-refractivity contribution < 1.29 is 0 Å². The topological polar surface area (TPSA) is 0 Å². The van der Waals surface area contributed by atoms with Crippen molar-refractivity contribution in [2.45, 2.75) is 32.1 Å². The molecule has 1 aliphatic rings. The van der Waals surface area contributed by atoms with Crippen LogP contribution in [0.2, 0.25) is 10.0 Å². The Balaban J connectivity index is 1.89. The van der Waals surface area contributed by atoms with E-state index in [-0.39, 0.29) is 5.41 Å². The van der Waals surface area contributed by atoms with Gasteiger partial charge in [0.15, 0.2) is 0 Å². The highest BCUT2D eigenvalue weighted by Crippen LogP contribution is 2.45. The standard InChI is InChI=1S/C29H23BrCl2/c1-29(2)25-9-5-3-7-21(25)23-16-20(30)14-13-18(23)11-12-19-15-27(31)28(32)17-24(19)22-8-4-6-10-26(22)29/h3-10,13-17H,11-12H2,1-2H3. The molecular weight excluding hydrogens is 499 g/mol. The molecule has 0 aromatic heterocycles. The molecule has 160 valence electrons. The van der Waals surface area contributed by atoms with Crippen molar-refractivity contribution in [1.29, 1.82) is 0 Å². The molecule has 4 aromatic rings. The summed E-state index contributed by atoms with van der Waals surface area (Å²) >= 11 is 16.7. The van der Waals surface area contributed by atoms with E-state index in [4.69, 9.17) is 23.2 Å². The van der Waals surface area contributed by atoms with E-state index in [0.29, 0.717) is 10.0 Å². The molecule has 0 nitrogen and oxygen atoms in total. The quantitative estimate of drug-likeness (QED) is 0.216. The van der Waals surface area contributed by atoms with E-state index < -0.39 is 0 Å². The summed E-state index contributed by atoms with van der Waals surface area (Å²) in [6, 6.07) is 28.2. The Kier molecular flexibility index (Phi) is 5.70. The third-order valence-electron chi connectivity index (χ3n) is 6.66. The third-order valence-corrected chi connectivity index (χ3v) is 7.88. The van der Waals surface area contributed by atoms with Crippen molar-refractivity contribution in [1.82, 2.24) is 0 Å². The summed E-state index contributed by atoms with van der Waals surface area (Å²) in [5, 5.41) is 1.20. The van der Waals surface area contributed by atoms with Gasteiger partial charge in [-0.2, -0.15) is 0 Å². The summed E-state index contributed by atoms with van der Waals surface area (Å²) in [4.78, 5) is 0. The average Bonchev–Trinajstić information content (AvgIpc) is 2.80. The van der Waals surface area contributed by atoms with Crippen LogP contribution in [-0.2, 0) is 18.3 Å². The van der Waals surface area contributed by atoms with Crippen LogP contribution in [0.15, 0.2) is 83.3 Å². The Hall–Kier alpha value is -2.06. The molecule has 0 spiro atoms. The van der Waals surface area contributed by atoms with Crippen LogP contribution in [0.5, 0.6) is 0 Å². The van der Waals surface area contributed by atoms with Gasteiger partial charge in [-0.1, -0.05) is 108 Å². The molecule has 5 rings (SSSR count). The Morgan fingerprint density at radius 3 is 1.81 bits per heavy atom. The fourth-order valence-corrected chi connectivity index (χ4v) is 5.71. The molecule has 3 heteroatoms. The lowest BCUT2D eigenvalue weighted by Gasteiger charge is -2.31. The highest BCUT2D eigenvalue weighted by Gasteiger charge is 2.30. The monoisotopic (exact) mass is 520 g/mol. The number of rotatable bonds is 0. The molecule has 0 bridgehead atoms. The van der Waals surface area contributed by atoms with Gasteiger partial charge in [-0.05, 0) is 81.6 Å². The van der Waals surface area contributed by atoms with Crippen LogP contribution in [0, 0.1) is 0 Å². The van der Waals surface area contributed by atoms with Crippen LogP contribution >= 0.6 is 39.1 Å². The van der Waals surface area contributed by atoms with E-state index in [1.165, 1.54) is 44.5 Å². The molecular formula is C29H23BrCl2. The first-order chi connectivity index (χ1) is 15.4. The van der Waals surface area contributed by atoms with Crippen molar-refractivity contribution in [3.05, 3.63) is 116 Å². The van der Waals surface area contributed by atoms with Crippen LogP contribution in [0.1, 0.15) is 36.1 Å². The van der Waals surface area contributed by atoms with Crippen molar-refractivity contribution in [3.8, 4) is 22.3 Å². The van der Waals surface area contributed by atoms with Gasteiger partial charge in [0.1, 0.15) is 0 Å². The van der Waals surface area contributed by atoms with Crippen molar-refractivity contribution in [2.24, 2.45) is 0 Å². The normalized spacial score (nSPS) is 14.4. The lowest BCUT2D eigenvalue weighted by Crippen LogP contribution is -2.21. The van der Waals surface area contributed by atoms with Crippen LogP contribution in [0.3, 0.4) is 0 Å². The number of fused-ring (bicyclic) bond motifs is 6. The minimum absolute atomic E-state index is 0.222. The number of hydrogen-bond acceptors (Lipinski definition) is 0. The van der Waals surface area contributed by atoms with E-state index in [1.807, 2.05) is 12.1 Å². The average molecular weight is 522 g/mol. The Morgan fingerprint density at radius 1 is 0.625 bits per heavy atom. The Bertz CT molecular complexity index is 1340. The van der Waals surface area contributed by atoms with E-state index in [9.17, 15) is 0 Å². The second kappa shape index (κ2) is 8.37. The molecule has 0 atom stereocenters. The van der Waals surface area contributed by atoms with E-state index in [0.717, 1.165) is 17.3 Å². The molecule has 0 fully saturated rings. The van der Waals surface area contributed by atoms with E-state index in [2.05, 4.69) is 96.5 Å². The molecule has 0 unspecified atom stereocenters. The molecule has 0 saturated carbocycles. The molecule has 0 heterocycles. The number of aryl methyl sites for hydroxylation is 2. The first-order valence-corrected chi connectivity index (χ1v) is 12.4. The van der Waals surface area contributed by atoms with Crippen molar-refractivity contribution >= 4 is 39.1 Å². The largest absolute Gasteiger partial charge is 0.0827 e. The second-order valence-electron chi connectivity index (χ2n) is 8.94. The van der Waals surface area contributed by atoms with Crippen LogP contribution < -0.4 is 0 Å². The minimum Gasteiger partial charge on any atom is -0.0827 e. The van der Waals surface area contributed by atoms with Gasteiger partial charge in [-0.3, -0.25) is 0 Å². The summed E-state index contributed by atoms with van der Waals surface area (Å²) in [7, 11) is 0. The fraction of sp³-hybridized carbons (Fsp3) is 0.172. The minimum atomic E-state index is -0.222. The molecule has 32 heavy (non-hydrogen) atoms. The lowest BCUT2D eigenvalue weighted by molar-refractivity contribution is 0.644. The maximum atomic E-state index is 6.52. The maximum Gasteiger partial charge on any atom is 0.0598 e.